The highest BCUT2D eigenvalue weighted by atomic mass is 16.6. The third kappa shape index (κ3) is 3.54. The largest absolute Gasteiger partial charge is 0.504 e. The van der Waals surface area contributed by atoms with Gasteiger partial charge in [-0.15, -0.1) is 0 Å². The van der Waals surface area contributed by atoms with Crippen molar-refractivity contribution < 1.29 is 14.6 Å². The summed E-state index contributed by atoms with van der Waals surface area (Å²) in [5.41, 5.74) is 1.87. The van der Waals surface area contributed by atoms with Gasteiger partial charge in [-0.3, -0.25) is 0 Å². The summed E-state index contributed by atoms with van der Waals surface area (Å²) in [4.78, 5) is 13.4. The summed E-state index contributed by atoms with van der Waals surface area (Å²) in [6.45, 7) is 4.89. The molecule has 1 amide bonds. The highest BCUT2D eigenvalue weighted by Crippen LogP contribution is 2.31. The molecule has 0 saturated carbocycles. The Morgan fingerprint density at radius 1 is 1.05 bits per heavy atom. The van der Waals surface area contributed by atoms with Gasteiger partial charge in [-0.1, -0.05) is 36.4 Å². The number of rotatable bonds is 4. The molecule has 0 aliphatic carbocycles. The van der Waals surface area contributed by atoms with E-state index in [0.717, 1.165) is 11.1 Å². The van der Waals surface area contributed by atoms with Crippen LogP contribution in [0.1, 0.15) is 13.8 Å². The Morgan fingerprint density at radius 3 is 2.29 bits per heavy atom. The molecule has 110 valence electrons. The molecule has 0 atom stereocenters. The van der Waals surface area contributed by atoms with Crippen LogP contribution in [-0.2, 0) is 0 Å². The number of aromatic hydroxyl groups is 1. The van der Waals surface area contributed by atoms with E-state index in [0.29, 0.717) is 13.1 Å². The predicted octanol–water partition coefficient (Wildman–Crippen LogP) is 3.90. The summed E-state index contributed by atoms with van der Waals surface area (Å²) in [5.74, 6) is 0.128. The van der Waals surface area contributed by atoms with E-state index in [1.807, 2.05) is 50.2 Å². The Kier molecular flexibility index (Phi) is 4.82. The summed E-state index contributed by atoms with van der Waals surface area (Å²) in [5, 5.41) is 10.0. The molecule has 0 unspecified atom stereocenters. The van der Waals surface area contributed by atoms with Crippen LogP contribution in [0.25, 0.3) is 11.1 Å². The first-order valence-corrected chi connectivity index (χ1v) is 7.00. The van der Waals surface area contributed by atoms with Crippen molar-refractivity contribution in [3.05, 3.63) is 48.5 Å². The second-order valence-electron chi connectivity index (χ2n) is 4.59. The Bertz CT molecular complexity index is 607. The fourth-order valence-electron chi connectivity index (χ4n) is 2.05. The van der Waals surface area contributed by atoms with Crippen molar-refractivity contribution in [2.45, 2.75) is 13.8 Å². The number of phenolic OH excluding ortho intramolecular Hbond substituents is 1. The number of benzene rings is 2. The Hall–Kier alpha value is -2.49. The van der Waals surface area contributed by atoms with Crippen molar-refractivity contribution >= 4 is 6.09 Å². The summed E-state index contributed by atoms with van der Waals surface area (Å²) < 4.78 is 5.22. The normalized spacial score (nSPS) is 10.2. The summed E-state index contributed by atoms with van der Waals surface area (Å²) in [6.07, 6.45) is -0.456. The molecule has 2 aromatic carbocycles. The summed E-state index contributed by atoms with van der Waals surface area (Å²) in [6, 6.07) is 14.7. The summed E-state index contributed by atoms with van der Waals surface area (Å²) in [7, 11) is 0. The zero-order chi connectivity index (χ0) is 15.2. The molecular weight excluding hydrogens is 266 g/mol. The standard InChI is InChI=1S/C17H19NO3/c1-3-18(4-2)17(20)21-16-11-10-14(12-15(16)19)13-8-6-5-7-9-13/h5-12,19H,3-4H2,1-2H3. The molecule has 21 heavy (non-hydrogen) atoms. The van der Waals surface area contributed by atoms with Gasteiger partial charge in [-0.05, 0) is 37.1 Å². The minimum atomic E-state index is -0.456. The molecule has 0 radical (unpaired) electrons. The van der Waals surface area contributed by atoms with Crippen molar-refractivity contribution in [1.29, 1.82) is 0 Å². The molecule has 1 N–H and O–H groups in total. The lowest BCUT2D eigenvalue weighted by Gasteiger charge is -2.18. The molecule has 4 heteroatoms. The van der Waals surface area contributed by atoms with Crippen LogP contribution in [0.15, 0.2) is 48.5 Å². The van der Waals surface area contributed by atoms with Crippen LogP contribution >= 0.6 is 0 Å². The van der Waals surface area contributed by atoms with Gasteiger partial charge in [0.2, 0.25) is 0 Å². The van der Waals surface area contributed by atoms with Gasteiger partial charge < -0.3 is 14.7 Å². The third-order valence-corrected chi connectivity index (χ3v) is 3.28. The van der Waals surface area contributed by atoms with Crippen molar-refractivity contribution in [2.24, 2.45) is 0 Å². The zero-order valence-electron chi connectivity index (χ0n) is 12.2. The van der Waals surface area contributed by atoms with Crippen molar-refractivity contribution in [3.8, 4) is 22.6 Å². The molecule has 0 fully saturated rings. The third-order valence-electron chi connectivity index (χ3n) is 3.28. The van der Waals surface area contributed by atoms with E-state index in [4.69, 9.17) is 4.74 Å². The number of carbonyl (C=O) groups excluding carboxylic acids is 1. The second-order valence-corrected chi connectivity index (χ2v) is 4.59. The molecule has 0 heterocycles. The quantitative estimate of drug-likeness (QED) is 0.926. The minimum absolute atomic E-state index is 0.0446. The van der Waals surface area contributed by atoms with Gasteiger partial charge in [0.1, 0.15) is 0 Å². The second kappa shape index (κ2) is 6.79. The van der Waals surface area contributed by atoms with Crippen LogP contribution < -0.4 is 4.74 Å². The van der Waals surface area contributed by atoms with Gasteiger partial charge in [0.25, 0.3) is 0 Å². The average molecular weight is 285 g/mol. The SMILES string of the molecule is CCN(CC)C(=O)Oc1ccc(-c2ccccc2)cc1O. The van der Waals surface area contributed by atoms with E-state index in [-0.39, 0.29) is 11.5 Å². The smallest absolute Gasteiger partial charge is 0.415 e. The fraction of sp³-hybridized carbons (Fsp3) is 0.235. The van der Waals surface area contributed by atoms with E-state index < -0.39 is 6.09 Å². The average Bonchev–Trinajstić information content (AvgIpc) is 2.51. The number of hydrogen-bond acceptors (Lipinski definition) is 3. The number of amides is 1. The van der Waals surface area contributed by atoms with Crippen LogP contribution in [0.4, 0.5) is 4.79 Å². The van der Waals surface area contributed by atoms with Gasteiger partial charge in [0.15, 0.2) is 11.5 Å². The lowest BCUT2D eigenvalue weighted by Crippen LogP contribution is -2.33. The van der Waals surface area contributed by atoms with Gasteiger partial charge in [0, 0.05) is 13.1 Å². The van der Waals surface area contributed by atoms with Crippen molar-refractivity contribution in [1.82, 2.24) is 4.90 Å². The number of hydrogen-bond donors (Lipinski definition) is 1. The highest BCUT2D eigenvalue weighted by molar-refractivity contribution is 5.73. The van der Waals surface area contributed by atoms with Gasteiger partial charge in [-0.25, -0.2) is 4.79 Å². The topological polar surface area (TPSA) is 49.8 Å². The predicted molar refractivity (Wildman–Crippen MR) is 82.5 cm³/mol. The van der Waals surface area contributed by atoms with E-state index >= 15 is 0 Å². The van der Waals surface area contributed by atoms with Gasteiger partial charge >= 0.3 is 6.09 Å². The maximum absolute atomic E-state index is 11.9. The van der Waals surface area contributed by atoms with Gasteiger partial charge in [-0.2, -0.15) is 0 Å². The molecule has 0 bridgehead atoms. The summed E-state index contributed by atoms with van der Waals surface area (Å²) >= 11 is 0. The van der Waals surface area contributed by atoms with Crippen LogP contribution in [-0.4, -0.2) is 29.2 Å². The molecule has 2 rings (SSSR count). The lowest BCUT2D eigenvalue weighted by atomic mass is 10.1. The molecule has 0 aromatic heterocycles. The fourth-order valence-corrected chi connectivity index (χ4v) is 2.05. The number of nitrogens with zero attached hydrogens (tertiary/aromatic N) is 1. The van der Waals surface area contributed by atoms with E-state index in [1.165, 1.54) is 0 Å². The zero-order valence-corrected chi connectivity index (χ0v) is 12.2. The molecule has 4 nitrogen and oxygen atoms in total. The Labute approximate surface area is 124 Å². The van der Waals surface area contributed by atoms with Crippen LogP contribution in [0, 0.1) is 0 Å². The van der Waals surface area contributed by atoms with E-state index in [1.54, 1.807) is 17.0 Å². The Balaban J connectivity index is 2.18. The first-order valence-electron chi connectivity index (χ1n) is 7.00. The lowest BCUT2D eigenvalue weighted by molar-refractivity contribution is 0.155. The first kappa shape index (κ1) is 14.9. The molecule has 0 saturated heterocycles. The van der Waals surface area contributed by atoms with Crippen LogP contribution in [0.2, 0.25) is 0 Å². The van der Waals surface area contributed by atoms with Crippen molar-refractivity contribution in [3.63, 3.8) is 0 Å². The van der Waals surface area contributed by atoms with Crippen LogP contribution in [0.5, 0.6) is 11.5 Å². The van der Waals surface area contributed by atoms with E-state index in [9.17, 15) is 9.90 Å². The van der Waals surface area contributed by atoms with Crippen molar-refractivity contribution in [2.75, 3.05) is 13.1 Å². The first-order chi connectivity index (χ1) is 10.2. The van der Waals surface area contributed by atoms with E-state index in [2.05, 4.69) is 0 Å². The molecule has 0 aliphatic heterocycles. The molecule has 0 aliphatic rings. The molecular formula is C17H19NO3. The van der Waals surface area contributed by atoms with Gasteiger partial charge in [0.05, 0.1) is 0 Å². The number of carbonyl (C=O) groups is 1. The Morgan fingerprint density at radius 2 is 1.71 bits per heavy atom. The highest BCUT2D eigenvalue weighted by Gasteiger charge is 2.14. The minimum Gasteiger partial charge on any atom is -0.504 e. The maximum atomic E-state index is 11.9. The molecule has 0 spiro atoms. The monoisotopic (exact) mass is 285 g/mol. The molecule has 2 aromatic rings. The number of phenols is 1. The maximum Gasteiger partial charge on any atom is 0.415 e. The number of ether oxygens (including phenoxy) is 1. The van der Waals surface area contributed by atoms with Crippen LogP contribution in [0.3, 0.4) is 0 Å².